The molecular weight excluding hydrogens is 183 g/mol. The SMILES string of the molecule is CN1CCC(c2ccc(F)nc2)C1=O. The maximum absolute atomic E-state index is 12.5. The van der Waals surface area contributed by atoms with E-state index in [9.17, 15) is 9.18 Å². The van der Waals surface area contributed by atoms with Crippen molar-refractivity contribution < 1.29 is 9.18 Å². The number of aromatic nitrogens is 1. The van der Waals surface area contributed by atoms with Crippen LogP contribution in [0.2, 0.25) is 0 Å². The Hall–Kier alpha value is -1.45. The Balaban J connectivity index is 2.24. The first-order chi connectivity index (χ1) is 6.68. The van der Waals surface area contributed by atoms with Gasteiger partial charge in [0.05, 0.1) is 5.92 Å². The Labute approximate surface area is 81.6 Å². The molecule has 1 aromatic heterocycles. The highest BCUT2D eigenvalue weighted by atomic mass is 19.1. The quantitative estimate of drug-likeness (QED) is 0.629. The van der Waals surface area contributed by atoms with Gasteiger partial charge in [0.2, 0.25) is 11.9 Å². The van der Waals surface area contributed by atoms with E-state index >= 15 is 0 Å². The molecule has 1 fully saturated rings. The van der Waals surface area contributed by atoms with Gasteiger partial charge in [0.1, 0.15) is 0 Å². The number of hydrogen-bond acceptors (Lipinski definition) is 2. The molecule has 1 atom stereocenters. The van der Waals surface area contributed by atoms with Gasteiger partial charge in [-0.05, 0) is 18.1 Å². The molecule has 2 rings (SSSR count). The van der Waals surface area contributed by atoms with Crippen molar-refractivity contribution in [2.45, 2.75) is 12.3 Å². The summed E-state index contributed by atoms with van der Waals surface area (Å²) in [6.45, 7) is 0.765. The van der Waals surface area contributed by atoms with E-state index in [1.165, 1.54) is 12.3 Å². The van der Waals surface area contributed by atoms with Crippen molar-refractivity contribution >= 4 is 5.91 Å². The van der Waals surface area contributed by atoms with Crippen LogP contribution in [0.4, 0.5) is 4.39 Å². The van der Waals surface area contributed by atoms with Crippen LogP contribution >= 0.6 is 0 Å². The van der Waals surface area contributed by atoms with Gasteiger partial charge in [0.15, 0.2) is 0 Å². The first kappa shape index (κ1) is 9.12. The summed E-state index contributed by atoms with van der Waals surface area (Å²) < 4.78 is 12.5. The number of pyridine rings is 1. The van der Waals surface area contributed by atoms with Crippen LogP contribution in [-0.2, 0) is 4.79 Å². The molecule has 3 nitrogen and oxygen atoms in total. The lowest BCUT2D eigenvalue weighted by atomic mass is 10.00. The van der Waals surface area contributed by atoms with E-state index in [4.69, 9.17) is 0 Å². The molecule has 1 unspecified atom stereocenters. The summed E-state index contributed by atoms with van der Waals surface area (Å²) >= 11 is 0. The first-order valence-electron chi connectivity index (χ1n) is 4.55. The van der Waals surface area contributed by atoms with Crippen molar-refractivity contribution in [2.75, 3.05) is 13.6 Å². The monoisotopic (exact) mass is 194 g/mol. The highest BCUT2D eigenvalue weighted by Gasteiger charge is 2.30. The fourth-order valence-electron chi connectivity index (χ4n) is 1.73. The molecule has 14 heavy (non-hydrogen) atoms. The van der Waals surface area contributed by atoms with Gasteiger partial charge in [-0.1, -0.05) is 6.07 Å². The lowest BCUT2D eigenvalue weighted by molar-refractivity contribution is -0.127. The van der Waals surface area contributed by atoms with Crippen LogP contribution in [0.5, 0.6) is 0 Å². The largest absolute Gasteiger partial charge is 0.345 e. The maximum atomic E-state index is 12.5. The van der Waals surface area contributed by atoms with Crippen LogP contribution in [-0.4, -0.2) is 29.4 Å². The Bertz CT molecular complexity index is 350. The minimum atomic E-state index is -0.507. The van der Waals surface area contributed by atoms with Crippen molar-refractivity contribution in [3.63, 3.8) is 0 Å². The number of carbonyl (C=O) groups excluding carboxylic acids is 1. The van der Waals surface area contributed by atoms with Gasteiger partial charge in [-0.15, -0.1) is 0 Å². The fraction of sp³-hybridized carbons (Fsp3) is 0.400. The van der Waals surface area contributed by atoms with E-state index in [0.29, 0.717) is 0 Å². The third-order valence-electron chi connectivity index (χ3n) is 2.58. The van der Waals surface area contributed by atoms with E-state index in [-0.39, 0.29) is 11.8 Å². The predicted octanol–water partition coefficient (Wildman–Crippen LogP) is 1.17. The zero-order valence-electron chi connectivity index (χ0n) is 7.90. The Morgan fingerprint density at radius 1 is 1.57 bits per heavy atom. The van der Waals surface area contributed by atoms with Crippen LogP contribution < -0.4 is 0 Å². The number of halogens is 1. The standard InChI is InChI=1S/C10H11FN2O/c1-13-5-4-8(10(13)14)7-2-3-9(11)12-6-7/h2-3,6,8H,4-5H2,1H3. The molecule has 1 aliphatic rings. The summed E-state index contributed by atoms with van der Waals surface area (Å²) in [5, 5.41) is 0. The number of carbonyl (C=O) groups is 1. The molecule has 1 aliphatic heterocycles. The molecule has 1 aromatic rings. The van der Waals surface area contributed by atoms with Crippen LogP contribution in [0.15, 0.2) is 18.3 Å². The van der Waals surface area contributed by atoms with E-state index < -0.39 is 5.95 Å². The first-order valence-corrected chi connectivity index (χ1v) is 4.55. The summed E-state index contributed by atoms with van der Waals surface area (Å²) in [5.41, 5.74) is 0.806. The van der Waals surface area contributed by atoms with Gasteiger partial charge in [-0.2, -0.15) is 4.39 Å². The van der Waals surface area contributed by atoms with Crippen molar-refractivity contribution in [2.24, 2.45) is 0 Å². The molecule has 0 radical (unpaired) electrons. The van der Waals surface area contributed by atoms with Crippen molar-refractivity contribution in [1.82, 2.24) is 9.88 Å². The smallest absolute Gasteiger partial charge is 0.229 e. The third kappa shape index (κ3) is 1.47. The highest BCUT2D eigenvalue weighted by molar-refractivity contribution is 5.85. The Kier molecular flexibility index (Phi) is 2.19. The third-order valence-corrected chi connectivity index (χ3v) is 2.58. The van der Waals surface area contributed by atoms with Crippen molar-refractivity contribution in [3.8, 4) is 0 Å². The van der Waals surface area contributed by atoms with Gasteiger partial charge in [0.25, 0.3) is 0 Å². The second-order valence-corrected chi connectivity index (χ2v) is 3.52. The lowest BCUT2D eigenvalue weighted by Crippen LogP contribution is -2.21. The highest BCUT2D eigenvalue weighted by Crippen LogP contribution is 2.26. The molecule has 0 spiro atoms. The second-order valence-electron chi connectivity index (χ2n) is 3.52. The number of likely N-dealkylation sites (N-methyl/N-ethyl adjacent to an activating group) is 1. The average molecular weight is 194 g/mol. The molecule has 1 amide bonds. The number of likely N-dealkylation sites (tertiary alicyclic amines) is 1. The van der Waals surface area contributed by atoms with Crippen LogP contribution in [0.1, 0.15) is 17.9 Å². The number of hydrogen-bond donors (Lipinski definition) is 0. The Morgan fingerprint density at radius 3 is 2.86 bits per heavy atom. The molecule has 0 N–H and O–H groups in total. The van der Waals surface area contributed by atoms with Crippen molar-refractivity contribution in [3.05, 3.63) is 29.8 Å². The van der Waals surface area contributed by atoms with Crippen molar-refractivity contribution in [1.29, 1.82) is 0 Å². The van der Waals surface area contributed by atoms with Gasteiger partial charge in [0, 0.05) is 19.8 Å². The van der Waals surface area contributed by atoms with Gasteiger partial charge < -0.3 is 4.90 Å². The maximum Gasteiger partial charge on any atom is 0.229 e. The molecule has 2 heterocycles. The summed E-state index contributed by atoms with van der Waals surface area (Å²) in [4.78, 5) is 16.8. The van der Waals surface area contributed by atoms with Crippen LogP contribution in [0, 0.1) is 5.95 Å². The number of rotatable bonds is 1. The summed E-state index contributed by atoms with van der Waals surface area (Å²) in [5.74, 6) is -0.543. The average Bonchev–Trinajstić information content (AvgIpc) is 2.50. The molecule has 4 heteroatoms. The minimum Gasteiger partial charge on any atom is -0.345 e. The van der Waals surface area contributed by atoms with Crippen LogP contribution in [0.3, 0.4) is 0 Å². The number of amides is 1. The predicted molar refractivity (Wildman–Crippen MR) is 49.2 cm³/mol. The summed E-state index contributed by atoms with van der Waals surface area (Å²) in [7, 11) is 1.78. The topological polar surface area (TPSA) is 33.2 Å². The van der Waals surface area contributed by atoms with E-state index in [0.717, 1.165) is 18.5 Å². The lowest BCUT2D eigenvalue weighted by Gasteiger charge is -2.09. The molecular formula is C10H11FN2O. The van der Waals surface area contributed by atoms with Crippen LogP contribution in [0.25, 0.3) is 0 Å². The van der Waals surface area contributed by atoms with Gasteiger partial charge in [-0.25, -0.2) is 4.98 Å². The molecule has 0 saturated carbocycles. The normalized spacial score (nSPS) is 21.7. The van der Waals surface area contributed by atoms with Gasteiger partial charge >= 0.3 is 0 Å². The molecule has 74 valence electrons. The van der Waals surface area contributed by atoms with E-state index in [1.54, 1.807) is 18.0 Å². The fourth-order valence-corrected chi connectivity index (χ4v) is 1.73. The van der Waals surface area contributed by atoms with E-state index in [1.807, 2.05) is 0 Å². The summed E-state index contributed by atoms with van der Waals surface area (Å²) in [6.07, 6.45) is 2.24. The zero-order valence-corrected chi connectivity index (χ0v) is 7.90. The zero-order chi connectivity index (χ0) is 10.1. The number of nitrogens with zero attached hydrogens (tertiary/aromatic N) is 2. The van der Waals surface area contributed by atoms with Gasteiger partial charge in [-0.3, -0.25) is 4.79 Å². The molecule has 0 aliphatic carbocycles. The second kappa shape index (κ2) is 3.36. The molecule has 0 bridgehead atoms. The molecule has 0 aromatic carbocycles. The minimum absolute atomic E-state index is 0.0957. The molecule has 1 saturated heterocycles. The summed E-state index contributed by atoms with van der Waals surface area (Å²) in [6, 6.07) is 2.92. The Morgan fingerprint density at radius 2 is 2.36 bits per heavy atom. The van der Waals surface area contributed by atoms with E-state index in [2.05, 4.69) is 4.98 Å².